The first-order valence-electron chi connectivity index (χ1n) is 7.82. The molecule has 4 nitrogen and oxygen atoms in total. The predicted molar refractivity (Wildman–Crippen MR) is 82.2 cm³/mol. The van der Waals surface area contributed by atoms with Gasteiger partial charge in [0.2, 0.25) is 0 Å². The second kappa shape index (κ2) is 8.01. The molecule has 2 rings (SSSR count). The van der Waals surface area contributed by atoms with E-state index in [9.17, 15) is 0 Å². The Labute approximate surface area is 126 Å². The van der Waals surface area contributed by atoms with E-state index >= 15 is 0 Å². The largest absolute Gasteiger partial charge is 0.378 e. The second-order valence-corrected chi connectivity index (χ2v) is 5.83. The number of aryl methyl sites for hydroxylation is 1. The lowest BCUT2D eigenvalue weighted by Crippen LogP contribution is -2.25. The fraction of sp³-hybridized carbons (Fsp3) is 0.800. The van der Waals surface area contributed by atoms with Gasteiger partial charge in [0, 0.05) is 13.2 Å². The lowest BCUT2D eigenvalue weighted by molar-refractivity contribution is 0.0993. The lowest BCUT2D eigenvalue weighted by Gasteiger charge is -2.21. The van der Waals surface area contributed by atoms with Gasteiger partial charge < -0.3 is 10.1 Å². The molecule has 0 saturated carbocycles. The molecule has 5 heteroatoms. The Morgan fingerprint density at radius 3 is 3.05 bits per heavy atom. The molecule has 2 atom stereocenters. The minimum Gasteiger partial charge on any atom is -0.378 e. The van der Waals surface area contributed by atoms with Gasteiger partial charge in [-0.15, -0.1) is 0 Å². The summed E-state index contributed by atoms with van der Waals surface area (Å²) in [6.45, 7) is 7.07. The monoisotopic (exact) mass is 299 g/mol. The van der Waals surface area contributed by atoms with Gasteiger partial charge in [-0.25, -0.2) is 0 Å². The second-order valence-electron chi connectivity index (χ2n) is 5.42. The topological polar surface area (TPSA) is 39.1 Å². The molecule has 114 valence electrons. The Morgan fingerprint density at radius 1 is 1.55 bits per heavy atom. The van der Waals surface area contributed by atoms with Crippen molar-refractivity contribution in [1.82, 2.24) is 15.1 Å². The van der Waals surface area contributed by atoms with Gasteiger partial charge in [-0.3, -0.25) is 4.68 Å². The number of hydrogen-bond acceptors (Lipinski definition) is 3. The number of nitrogens with zero attached hydrogens (tertiary/aromatic N) is 2. The maximum Gasteiger partial charge on any atom is 0.0834 e. The zero-order chi connectivity index (χ0) is 14.4. The molecule has 0 amide bonds. The summed E-state index contributed by atoms with van der Waals surface area (Å²) in [5, 5.41) is 8.72. The van der Waals surface area contributed by atoms with Gasteiger partial charge in [0.1, 0.15) is 0 Å². The zero-order valence-corrected chi connectivity index (χ0v) is 13.3. The van der Waals surface area contributed by atoms with Crippen LogP contribution in [-0.2, 0) is 11.3 Å². The Balaban J connectivity index is 2.04. The molecular weight excluding hydrogens is 274 g/mol. The molecule has 0 aromatic carbocycles. The van der Waals surface area contributed by atoms with Crippen LogP contribution >= 0.6 is 11.6 Å². The Morgan fingerprint density at radius 2 is 2.40 bits per heavy atom. The number of halogens is 1. The molecule has 20 heavy (non-hydrogen) atoms. The first kappa shape index (κ1) is 15.8. The molecule has 1 aliphatic heterocycles. The number of aromatic nitrogens is 2. The highest BCUT2D eigenvalue weighted by atomic mass is 35.5. The number of rotatable bonds is 8. The van der Waals surface area contributed by atoms with E-state index in [1.807, 2.05) is 4.68 Å². The molecular formula is C15H26ClN3O. The van der Waals surface area contributed by atoms with E-state index in [0.717, 1.165) is 49.7 Å². The molecule has 1 saturated heterocycles. The van der Waals surface area contributed by atoms with Gasteiger partial charge in [0.15, 0.2) is 0 Å². The van der Waals surface area contributed by atoms with E-state index < -0.39 is 0 Å². The number of hydrogen-bond donors (Lipinski definition) is 1. The summed E-state index contributed by atoms with van der Waals surface area (Å²) in [5.74, 6) is 0. The molecule has 2 heterocycles. The summed E-state index contributed by atoms with van der Waals surface area (Å²) in [5.41, 5.74) is 1.13. The van der Waals surface area contributed by atoms with Gasteiger partial charge in [-0.05, 0) is 38.6 Å². The third kappa shape index (κ3) is 3.96. The molecule has 1 aromatic heterocycles. The fourth-order valence-corrected chi connectivity index (χ4v) is 3.19. The fourth-order valence-electron chi connectivity index (χ4n) is 2.91. The van der Waals surface area contributed by atoms with Gasteiger partial charge in [-0.2, -0.15) is 5.10 Å². The van der Waals surface area contributed by atoms with Crippen molar-refractivity contribution in [3.05, 3.63) is 16.9 Å². The van der Waals surface area contributed by atoms with Crippen LogP contribution in [0.3, 0.4) is 0 Å². The van der Waals surface area contributed by atoms with Crippen LogP contribution in [0.2, 0.25) is 5.02 Å². The minimum absolute atomic E-state index is 0.269. The molecule has 0 spiro atoms. The zero-order valence-electron chi connectivity index (χ0n) is 12.6. The van der Waals surface area contributed by atoms with Crippen LogP contribution in [0.5, 0.6) is 0 Å². The standard InChI is InChI=1S/C15H26ClN3O/c1-3-9-19-15(13(16)11-18-19)14(17-4-2)8-7-12-6-5-10-20-12/h11-12,14,17H,3-10H2,1-2H3. The highest BCUT2D eigenvalue weighted by Crippen LogP contribution is 2.28. The molecule has 1 N–H and O–H groups in total. The summed E-state index contributed by atoms with van der Waals surface area (Å²) < 4.78 is 7.77. The Kier molecular flexibility index (Phi) is 6.33. The number of ether oxygens (including phenoxy) is 1. The highest BCUT2D eigenvalue weighted by Gasteiger charge is 2.22. The number of nitrogens with one attached hydrogen (secondary N) is 1. The van der Waals surface area contributed by atoms with Crippen molar-refractivity contribution in [2.45, 2.75) is 64.6 Å². The molecule has 0 radical (unpaired) electrons. The van der Waals surface area contributed by atoms with Crippen LogP contribution in [0.25, 0.3) is 0 Å². The smallest absolute Gasteiger partial charge is 0.0834 e. The normalized spacial score (nSPS) is 20.4. The maximum atomic E-state index is 6.35. The van der Waals surface area contributed by atoms with Crippen molar-refractivity contribution in [3.8, 4) is 0 Å². The van der Waals surface area contributed by atoms with Crippen molar-refractivity contribution < 1.29 is 4.74 Å². The average Bonchev–Trinajstić information content (AvgIpc) is 3.06. The first-order chi connectivity index (χ1) is 9.76. The summed E-state index contributed by atoms with van der Waals surface area (Å²) in [6.07, 6.45) is 7.79. The minimum atomic E-state index is 0.269. The van der Waals surface area contributed by atoms with Gasteiger partial charge in [0.25, 0.3) is 0 Å². The van der Waals surface area contributed by atoms with Crippen molar-refractivity contribution in [1.29, 1.82) is 0 Å². The van der Waals surface area contributed by atoms with E-state index in [-0.39, 0.29) is 6.04 Å². The third-order valence-electron chi connectivity index (χ3n) is 3.85. The molecule has 1 aliphatic rings. The molecule has 1 fully saturated rings. The first-order valence-corrected chi connectivity index (χ1v) is 8.20. The molecule has 0 aliphatic carbocycles. The van der Waals surface area contributed by atoms with Crippen LogP contribution in [0, 0.1) is 0 Å². The van der Waals surface area contributed by atoms with E-state index in [2.05, 4.69) is 24.3 Å². The third-order valence-corrected chi connectivity index (χ3v) is 4.14. The van der Waals surface area contributed by atoms with Crippen molar-refractivity contribution in [2.75, 3.05) is 13.2 Å². The van der Waals surface area contributed by atoms with Gasteiger partial charge in [0.05, 0.1) is 29.1 Å². The van der Waals surface area contributed by atoms with Gasteiger partial charge in [-0.1, -0.05) is 25.4 Å². The van der Waals surface area contributed by atoms with Crippen molar-refractivity contribution in [3.63, 3.8) is 0 Å². The van der Waals surface area contributed by atoms with E-state index in [0.29, 0.717) is 6.10 Å². The lowest BCUT2D eigenvalue weighted by atomic mass is 10.0. The molecule has 2 unspecified atom stereocenters. The summed E-state index contributed by atoms with van der Waals surface area (Å²) in [4.78, 5) is 0. The molecule has 1 aromatic rings. The van der Waals surface area contributed by atoms with Crippen LogP contribution in [0.1, 0.15) is 57.7 Å². The van der Waals surface area contributed by atoms with Crippen LogP contribution in [-0.4, -0.2) is 29.0 Å². The van der Waals surface area contributed by atoms with Crippen LogP contribution in [0.15, 0.2) is 6.20 Å². The van der Waals surface area contributed by atoms with Crippen molar-refractivity contribution in [2.24, 2.45) is 0 Å². The quantitative estimate of drug-likeness (QED) is 0.798. The van der Waals surface area contributed by atoms with Crippen LogP contribution in [0.4, 0.5) is 0 Å². The van der Waals surface area contributed by atoms with Gasteiger partial charge >= 0.3 is 0 Å². The van der Waals surface area contributed by atoms with Crippen LogP contribution < -0.4 is 5.32 Å². The highest BCUT2D eigenvalue weighted by molar-refractivity contribution is 6.31. The predicted octanol–water partition coefficient (Wildman–Crippen LogP) is 3.56. The average molecular weight is 300 g/mol. The summed E-state index contributed by atoms with van der Waals surface area (Å²) >= 11 is 6.35. The SMILES string of the molecule is CCCn1ncc(Cl)c1C(CCC1CCCO1)NCC. The van der Waals surface area contributed by atoms with E-state index in [1.54, 1.807) is 6.20 Å². The Bertz CT molecular complexity index is 402. The maximum absolute atomic E-state index is 6.35. The van der Waals surface area contributed by atoms with E-state index in [1.165, 1.54) is 12.8 Å². The Hall–Kier alpha value is -0.580. The van der Waals surface area contributed by atoms with Crippen molar-refractivity contribution >= 4 is 11.6 Å². The summed E-state index contributed by atoms with van der Waals surface area (Å²) in [7, 11) is 0. The summed E-state index contributed by atoms with van der Waals surface area (Å²) in [6, 6.07) is 0.269. The molecule has 0 bridgehead atoms. The van der Waals surface area contributed by atoms with E-state index in [4.69, 9.17) is 16.3 Å².